The van der Waals surface area contributed by atoms with Crippen molar-refractivity contribution in [3.8, 4) is 5.75 Å². The SMILES string of the molecule is Cc1cc(CNS(=O)(=O)c2cccc(O)c2)no1. The summed E-state index contributed by atoms with van der Waals surface area (Å²) in [6.45, 7) is 1.76. The lowest BCUT2D eigenvalue weighted by atomic mass is 10.3. The van der Waals surface area contributed by atoms with Crippen molar-refractivity contribution in [2.24, 2.45) is 0 Å². The van der Waals surface area contributed by atoms with Crippen molar-refractivity contribution < 1.29 is 18.0 Å². The highest BCUT2D eigenvalue weighted by Gasteiger charge is 2.14. The lowest BCUT2D eigenvalue weighted by Crippen LogP contribution is -2.23. The van der Waals surface area contributed by atoms with Gasteiger partial charge >= 0.3 is 0 Å². The molecule has 0 unspecified atom stereocenters. The smallest absolute Gasteiger partial charge is 0.241 e. The molecule has 7 heteroatoms. The fourth-order valence-electron chi connectivity index (χ4n) is 1.40. The molecule has 0 aliphatic carbocycles. The number of nitrogens with zero attached hydrogens (tertiary/aromatic N) is 1. The Morgan fingerprint density at radius 3 is 2.78 bits per heavy atom. The van der Waals surface area contributed by atoms with Gasteiger partial charge in [-0.15, -0.1) is 0 Å². The third-order valence-corrected chi connectivity index (χ3v) is 3.65. The Hall–Kier alpha value is -1.86. The summed E-state index contributed by atoms with van der Waals surface area (Å²) in [7, 11) is -3.66. The molecular formula is C11H12N2O4S. The van der Waals surface area contributed by atoms with Crippen LogP contribution in [0.3, 0.4) is 0 Å². The number of hydrogen-bond acceptors (Lipinski definition) is 5. The van der Waals surface area contributed by atoms with Gasteiger partial charge in [-0.25, -0.2) is 13.1 Å². The molecule has 96 valence electrons. The molecule has 0 atom stereocenters. The maximum absolute atomic E-state index is 11.9. The summed E-state index contributed by atoms with van der Waals surface area (Å²) in [5, 5.41) is 12.9. The van der Waals surface area contributed by atoms with Gasteiger partial charge in [0.15, 0.2) is 0 Å². The van der Waals surface area contributed by atoms with Gasteiger partial charge in [0.25, 0.3) is 0 Å². The van der Waals surface area contributed by atoms with Crippen LogP contribution in [0.2, 0.25) is 0 Å². The highest BCUT2D eigenvalue weighted by atomic mass is 32.2. The molecule has 0 aliphatic rings. The summed E-state index contributed by atoms with van der Waals surface area (Å²) in [4.78, 5) is 0.00252. The highest BCUT2D eigenvalue weighted by molar-refractivity contribution is 7.89. The number of sulfonamides is 1. The van der Waals surface area contributed by atoms with Crippen LogP contribution in [-0.4, -0.2) is 18.7 Å². The highest BCUT2D eigenvalue weighted by Crippen LogP contribution is 2.15. The van der Waals surface area contributed by atoms with E-state index in [2.05, 4.69) is 9.88 Å². The third kappa shape index (κ3) is 2.88. The van der Waals surface area contributed by atoms with E-state index in [1.54, 1.807) is 13.0 Å². The molecule has 0 saturated carbocycles. The van der Waals surface area contributed by atoms with Crippen molar-refractivity contribution in [2.45, 2.75) is 18.4 Å². The zero-order valence-electron chi connectivity index (χ0n) is 9.62. The van der Waals surface area contributed by atoms with Crippen molar-refractivity contribution >= 4 is 10.0 Å². The summed E-state index contributed by atoms with van der Waals surface area (Å²) in [6.07, 6.45) is 0. The largest absolute Gasteiger partial charge is 0.508 e. The zero-order valence-corrected chi connectivity index (χ0v) is 10.4. The van der Waals surface area contributed by atoms with E-state index in [1.807, 2.05) is 0 Å². The predicted molar refractivity (Wildman–Crippen MR) is 63.4 cm³/mol. The second kappa shape index (κ2) is 4.79. The first-order chi connectivity index (χ1) is 8.47. The number of aromatic nitrogens is 1. The van der Waals surface area contributed by atoms with Crippen LogP contribution in [0.4, 0.5) is 0 Å². The number of phenolic OH excluding ortho intramolecular Hbond substituents is 1. The van der Waals surface area contributed by atoms with Gasteiger partial charge in [-0.05, 0) is 25.1 Å². The summed E-state index contributed by atoms with van der Waals surface area (Å²) in [5.41, 5.74) is 0.497. The van der Waals surface area contributed by atoms with Gasteiger partial charge < -0.3 is 9.63 Å². The normalized spacial score (nSPS) is 11.6. The van der Waals surface area contributed by atoms with Crippen molar-refractivity contribution in [1.29, 1.82) is 0 Å². The first-order valence-electron chi connectivity index (χ1n) is 5.18. The molecule has 0 spiro atoms. The van der Waals surface area contributed by atoms with Crippen LogP contribution in [0.15, 0.2) is 39.8 Å². The number of benzene rings is 1. The molecule has 2 rings (SSSR count). The second-order valence-corrected chi connectivity index (χ2v) is 5.52. The van der Waals surface area contributed by atoms with E-state index < -0.39 is 10.0 Å². The lowest BCUT2D eigenvalue weighted by Gasteiger charge is -2.05. The van der Waals surface area contributed by atoms with Crippen LogP contribution >= 0.6 is 0 Å². The van der Waals surface area contributed by atoms with Gasteiger partial charge in [0, 0.05) is 6.07 Å². The van der Waals surface area contributed by atoms with Crippen LogP contribution in [0.5, 0.6) is 5.75 Å². The first kappa shape index (κ1) is 12.6. The Kier molecular flexibility index (Phi) is 3.35. The molecule has 1 heterocycles. The Morgan fingerprint density at radius 1 is 1.39 bits per heavy atom. The quantitative estimate of drug-likeness (QED) is 0.868. The molecule has 0 aliphatic heterocycles. The fraction of sp³-hybridized carbons (Fsp3) is 0.182. The van der Waals surface area contributed by atoms with E-state index in [0.717, 1.165) is 0 Å². The summed E-state index contributed by atoms with van der Waals surface area (Å²) in [5.74, 6) is 0.511. The minimum atomic E-state index is -3.66. The minimum absolute atomic E-state index is 0.00252. The summed E-state index contributed by atoms with van der Waals surface area (Å²) in [6, 6.07) is 7.08. The van der Waals surface area contributed by atoms with Gasteiger partial charge in [0.1, 0.15) is 11.5 Å². The van der Waals surface area contributed by atoms with Crippen molar-refractivity contribution in [2.75, 3.05) is 0 Å². The fourth-order valence-corrected chi connectivity index (χ4v) is 2.44. The lowest BCUT2D eigenvalue weighted by molar-refractivity contribution is 0.390. The first-order valence-corrected chi connectivity index (χ1v) is 6.66. The topological polar surface area (TPSA) is 92.4 Å². The van der Waals surface area contributed by atoms with E-state index >= 15 is 0 Å². The summed E-state index contributed by atoms with van der Waals surface area (Å²) < 4.78 is 31.0. The van der Waals surface area contributed by atoms with E-state index in [9.17, 15) is 13.5 Å². The third-order valence-electron chi connectivity index (χ3n) is 2.25. The van der Waals surface area contributed by atoms with Crippen LogP contribution in [0, 0.1) is 6.92 Å². The minimum Gasteiger partial charge on any atom is -0.508 e. The van der Waals surface area contributed by atoms with Crippen LogP contribution in [0.25, 0.3) is 0 Å². The maximum atomic E-state index is 11.9. The van der Waals surface area contributed by atoms with Crippen molar-refractivity contribution in [3.63, 3.8) is 0 Å². The van der Waals surface area contributed by atoms with Crippen LogP contribution in [-0.2, 0) is 16.6 Å². The molecule has 0 fully saturated rings. The monoisotopic (exact) mass is 268 g/mol. The Bertz CT molecular complexity index is 649. The van der Waals surface area contributed by atoms with E-state index in [0.29, 0.717) is 11.5 Å². The van der Waals surface area contributed by atoms with Crippen molar-refractivity contribution in [1.82, 2.24) is 9.88 Å². The standard InChI is InChI=1S/C11H12N2O4S/c1-8-5-9(13-17-8)7-12-18(15,16)11-4-2-3-10(14)6-11/h2-6,12,14H,7H2,1H3. The molecule has 2 N–H and O–H groups in total. The molecular weight excluding hydrogens is 256 g/mol. The van der Waals surface area contributed by atoms with Gasteiger partial charge in [0.05, 0.1) is 17.1 Å². The van der Waals surface area contributed by atoms with Gasteiger partial charge in [-0.1, -0.05) is 11.2 Å². The molecule has 6 nitrogen and oxygen atoms in total. The van der Waals surface area contributed by atoms with Gasteiger partial charge in [-0.2, -0.15) is 0 Å². The average molecular weight is 268 g/mol. The van der Waals surface area contributed by atoms with Gasteiger partial charge in [0.2, 0.25) is 10.0 Å². The number of hydrogen-bond donors (Lipinski definition) is 2. The molecule has 1 aromatic heterocycles. The second-order valence-electron chi connectivity index (χ2n) is 3.75. The number of nitrogens with one attached hydrogen (secondary N) is 1. The number of aryl methyl sites for hydroxylation is 1. The van der Waals surface area contributed by atoms with E-state index in [1.165, 1.54) is 24.3 Å². The average Bonchev–Trinajstić information content (AvgIpc) is 2.73. The van der Waals surface area contributed by atoms with E-state index in [-0.39, 0.29) is 17.2 Å². The number of rotatable bonds is 4. The maximum Gasteiger partial charge on any atom is 0.241 e. The predicted octanol–water partition coefficient (Wildman–Crippen LogP) is 1.17. The molecule has 0 radical (unpaired) electrons. The molecule has 0 bridgehead atoms. The number of aromatic hydroxyl groups is 1. The van der Waals surface area contributed by atoms with Crippen molar-refractivity contribution in [3.05, 3.63) is 41.8 Å². The van der Waals surface area contributed by atoms with E-state index in [4.69, 9.17) is 4.52 Å². The Balaban J connectivity index is 2.13. The van der Waals surface area contributed by atoms with Gasteiger partial charge in [-0.3, -0.25) is 0 Å². The molecule has 0 saturated heterocycles. The van der Waals surface area contributed by atoms with Crippen LogP contribution < -0.4 is 4.72 Å². The molecule has 1 aromatic carbocycles. The summed E-state index contributed by atoms with van der Waals surface area (Å²) >= 11 is 0. The number of phenols is 1. The zero-order chi connectivity index (χ0) is 13.2. The molecule has 0 amide bonds. The molecule has 18 heavy (non-hydrogen) atoms. The Morgan fingerprint density at radius 2 is 2.17 bits per heavy atom. The van der Waals surface area contributed by atoms with Crippen LogP contribution in [0.1, 0.15) is 11.5 Å². The Labute approximate surface area is 104 Å². The molecule has 2 aromatic rings.